The van der Waals surface area contributed by atoms with Crippen LogP contribution in [0.5, 0.6) is 5.75 Å². The van der Waals surface area contributed by atoms with E-state index in [1.807, 2.05) is 19.2 Å². The van der Waals surface area contributed by atoms with E-state index in [-0.39, 0.29) is 24.1 Å². The molecule has 0 aliphatic heterocycles. The van der Waals surface area contributed by atoms with E-state index in [4.69, 9.17) is 9.26 Å². The molecule has 1 N–H and O–H groups in total. The molecule has 3 rings (SSSR count). The van der Waals surface area contributed by atoms with Crippen LogP contribution in [0.4, 0.5) is 8.78 Å². The summed E-state index contributed by atoms with van der Waals surface area (Å²) in [6, 6.07) is 4.47. The lowest BCUT2D eigenvalue weighted by molar-refractivity contribution is 0.0927. The van der Waals surface area contributed by atoms with Crippen LogP contribution in [-0.4, -0.2) is 20.8 Å². The average Bonchev–Trinajstić information content (AvgIpc) is 3.28. The first-order valence-electron chi connectivity index (χ1n) is 8.76. The molecule has 1 aromatic carbocycles. The molecule has 7 nitrogen and oxygen atoms in total. The maximum absolute atomic E-state index is 13.7. The molecular weight excluding hydrogens is 370 g/mol. The number of amides is 1. The van der Waals surface area contributed by atoms with Crippen molar-refractivity contribution in [1.82, 2.24) is 20.3 Å². The van der Waals surface area contributed by atoms with Gasteiger partial charge in [-0.1, -0.05) is 5.16 Å². The van der Waals surface area contributed by atoms with Crippen LogP contribution in [0, 0.1) is 18.6 Å². The highest BCUT2D eigenvalue weighted by atomic mass is 19.1. The van der Waals surface area contributed by atoms with Gasteiger partial charge in [0.1, 0.15) is 18.2 Å². The minimum absolute atomic E-state index is 0.0433. The number of carbonyl (C=O) groups excluding carboxylic acids is 1. The van der Waals surface area contributed by atoms with E-state index < -0.39 is 17.5 Å². The molecule has 2 heterocycles. The van der Waals surface area contributed by atoms with Crippen LogP contribution in [0.1, 0.15) is 47.4 Å². The van der Waals surface area contributed by atoms with Gasteiger partial charge in [-0.3, -0.25) is 9.48 Å². The molecule has 1 atom stereocenters. The molecule has 0 aliphatic carbocycles. The predicted octanol–water partition coefficient (Wildman–Crippen LogP) is 3.55. The van der Waals surface area contributed by atoms with E-state index in [1.165, 1.54) is 6.07 Å². The fourth-order valence-corrected chi connectivity index (χ4v) is 2.61. The molecule has 0 aliphatic rings. The smallest absolute Gasteiger partial charge is 0.274 e. The lowest BCUT2D eigenvalue weighted by Gasteiger charge is -2.11. The number of rotatable bonds is 7. The van der Waals surface area contributed by atoms with Crippen molar-refractivity contribution in [2.24, 2.45) is 0 Å². The number of nitrogens with zero attached hydrogens (tertiary/aromatic N) is 3. The summed E-state index contributed by atoms with van der Waals surface area (Å²) in [5, 5.41) is 10.9. The molecule has 9 heteroatoms. The first-order valence-corrected chi connectivity index (χ1v) is 8.76. The largest absolute Gasteiger partial charge is 0.486 e. The first-order chi connectivity index (χ1) is 13.4. The number of ether oxygens (including phenoxy) is 1. The van der Waals surface area contributed by atoms with Crippen molar-refractivity contribution in [1.29, 1.82) is 0 Å². The number of aryl methyl sites for hydroxylation is 2. The number of benzene rings is 1. The summed E-state index contributed by atoms with van der Waals surface area (Å²) in [4.78, 5) is 12.6. The van der Waals surface area contributed by atoms with Gasteiger partial charge in [0, 0.05) is 18.8 Å². The van der Waals surface area contributed by atoms with Crippen LogP contribution < -0.4 is 10.1 Å². The molecule has 0 saturated heterocycles. The molecular formula is C19H20F2N4O3. The number of hydrogen-bond donors (Lipinski definition) is 1. The lowest BCUT2D eigenvalue weighted by atomic mass is 10.1. The number of carbonyl (C=O) groups is 1. The summed E-state index contributed by atoms with van der Waals surface area (Å²) < 4.78 is 39.0. The van der Waals surface area contributed by atoms with Gasteiger partial charge in [0.05, 0.1) is 17.3 Å². The quantitative estimate of drug-likeness (QED) is 0.667. The van der Waals surface area contributed by atoms with E-state index in [9.17, 15) is 13.6 Å². The Morgan fingerprint density at radius 2 is 2.14 bits per heavy atom. The van der Waals surface area contributed by atoms with E-state index >= 15 is 0 Å². The Kier molecular flexibility index (Phi) is 5.72. The van der Waals surface area contributed by atoms with E-state index in [0.29, 0.717) is 17.0 Å². The molecule has 0 saturated carbocycles. The van der Waals surface area contributed by atoms with Gasteiger partial charge in [0.2, 0.25) is 0 Å². The summed E-state index contributed by atoms with van der Waals surface area (Å²) in [6.07, 6.45) is 1.83. The van der Waals surface area contributed by atoms with E-state index in [2.05, 4.69) is 15.6 Å². The Morgan fingerprint density at radius 1 is 1.36 bits per heavy atom. The maximum Gasteiger partial charge on any atom is 0.274 e. The predicted molar refractivity (Wildman–Crippen MR) is 95.7 cm³/mol. The Morgan fingerprint density at radius 3 is 2.82 bits per heavy atom. The van der Waals surface area contributed by atoms with Crippen LogP contribution in [0.25, 0.3) is 0 Å². The van der Waals surface area contributed by atoms with Crippen LogP contribution in [-0.2, 0) is 13.2 Å². The molecule has 28 heavy (non-hydrogen) atoms. The van der Waals surface area contributed by atoms with Crippen LogP contribution in [0.2, 0.25) is 0 Å². The Hall–Kier alpha value is -3.23. The molecule has 0 fully saturated rings. The third-order valence-corrected chi connectivity index (χ3v) is 4.24. The molecule has 0 bridgehead atoms. The molecule has 2 aromatic heterocycles. The first kappa shape index (κ1) is 19.5. The van der Waals surface area contributed by atoms with E-state index in [0.717, 1.165) is 18.7 Å². The van der Waals surface area contributed by atoms with Crippen molar-refractivity contribution < 1.29 is 22.8 Å². The lowest BCUT2D eigenvalue weighted by Crippen LogP contribution is -2.28. The zero-order chi connectivity index (χ0) is 20.3. The molecule has 3 aromatic rings. The Bertz CT molecular complexity index is 983. The molecule has 1 unspecified atom stereocenters. The number of aromatic nitrogens is 3. The highest BCUT2D eigenvalue weighted by Crippen LogP contribution is 2.22. The van der Waals surface area contributed by atoms with Gasteiger partial charge in [-0.05, 0) is 39.0 Å². The number of nitrogens with one attached hydrogen (secondary N) is 1. The van der Waals surface area contributed by atoms with Crippen molar-refractivity contribution in [2.75, 3.05) is 0 Å². The van der Waals surface area contributed by atoms with Gasteiger partial charge < -0.3 is 14.6 Å². The fourth-order valence-electron chi connectivity index (χ4n) is 2.61. The number of hydrogen-bond acceptors (Lipinski definition) is 5. The molecule has 0 radical (unpaired) electrons. The van der Waals surface area contributed by atoms with Crippen molar-refractivity contribution in [3.63, 3.8) is 0 Å². The van der Waals surface area contributed by atoms with Crippen molar-refractivity contribution in [3.8, 4) is 5.75 Å². The third-order valence-electron chi connectivity index (χ3n) is 4.24. The van der Waals surface area contributed by atoms with Gasteiger partial charge >= 0.3 is 0 Å². The monoisotopic (exact) mass is 390 g/mol. The van der Waals surface area contributed by atoms with Crippen LogP contribution in [0.15, 0.2) is 35.0 Å². The average molecular weight is 390 g/mol. The third kappa shape index (κ3) is 4.19. The second-order valence-corrected chi connectivity index (χ2v) is 6.22. The summed E-state index contributed by atoms with van der Waals surface area (Å²) in [7, 11) is 0. The SMILES string of the molecule is CCn1ccc(C(C)NC(=O)c2noc(C)c2COc2ccc(F)cc2F)n1. The Balaban J connectivity index is 1.71. The zero-order valence-corrected chi connectivity index (χ0v) is 15.7. The van der Waals surface area contributed by atoms with Gasteiger partial charge in [0.15, 0.2) is 17.3 Å². The zero-order valence-electron chi connectivity index (χ0n) is 15.7. The standard InChI is InChI=1S/C19H20F2N4O3/c1-4-25-8-7-16(23-25)11(2)22-19(26)18-14(12(3)28-24-18)10-27-17-6-5-13(20)9-15(17)21/h5-9,11H,4,10H2,1-3H3,(H,22,26). The summed E-state index contributed by atoms with van der Waals surface area (Å²) >= 11 is 0. The van der Waals surface area contributed by atoms with Gasteiger partial charge in [-0.25, -0.2) is 8.78 Å². The topological polar surface area (TPSA) is 82.2 Å². The summed E-state index contributed by atoms with van der Waals surface area (Å²) in [5.41, 5.74) is 1.14. The second kappa shape index (κ2) is 8.20. The van der Waals surface area contributed by atoms with Crippen molar-refractivity contribution in [3.05, 3.63) is 64.8 Å². The maximum atomic E-state index is 13.7. The normalized spacial score (nSPS) is 12.0. The minimum atomic E-state index is -0.833. The second-order valence-electron chi connectivity index (χ2n) is 6.22. The molecule has 0 spiro atoms. The highest BCUT2D eigenvalue weighted by Gasteiger charge is 2.23. The van der Waals surface area contributed by atoms with Crippen molar-refractivity contribution in [2.45, 2.75) is 40.0 Å². The number of halogens is 2. The van der Waals surface area contributed by atoms with E-state index in [1.54, 1.807) is 18.5 Å². The summed E-state index contributed by atoms with van der Waals surface area (Å²) in [5.74, 6) is -1.76. The summed E-state index contributed by atoms with van der Waals surface area (Å²) in [6.45, 7) is 5.96. The minimum Gasteiger partial charge on any atom is -0.486 e. The fraction of sp³-hybridized carbons (Fsp3) is 0.316. The van der Waals surface area contributed by atoms with Crippen LogP contribution >= 0.6 is 0 Å². The van der Waals surface area contributed by atoms with Gasteiger partial charge in [0.25, 0.3) is 5.91 Å². The van der Waals surface area contributed by atoms with Gasteiger partial charge in [-0.2, -0.15) is 5.10 Å². The van der Waals surface area contributed by atoms with Gasteiger partial charge in [-0.15, -0.1) is 0 Å². The highest BCUT2D eigenvalue weighted by molar-refractivity contribution is 5.94. The Labute approximate surface area is 160 Å². The molecule has 1 amide bonds. The molecule has 148 valence electrons. The van der Waals surface area contributed by atoms with Crippen LogP contribution in [0.3, 0.4) is 0 Å². The van der Waals surface area contributed by atoms with Crippen molar-refractivity contribution >= 4 is 5.91 Å².